The van der Waals surface area contributed by atoms with Gasteiger partial charge in [0.2, 0.25) is 0 Å². The number of phenols is 1. The van der Waals surface area contributed by atoms with Crippen LogP contribution in [0.5, 0.6) is 5.75 Å². The lowest BCUT2D eigenvalue weighted by molar-refractivity contribution is -0.384. The van der Waals surface area contributed by atoms with Gasteiger partial charge >= 0.3 is 0 Å². The van der Waals surface area contributed by atoms with Gasteiger partial charge in [-0.25, -0.2) is 0 Å². The Kier molecular flexibility index (Phi) is 4.14. The van der Waals surface area contributed by atoms with Crippen molar-refractivity contribution < 1.29 is 10.0 Å². The Morgan fingerprint density at radius 3 is 2.70 bits per heavy atom. The molecule has 2 rings (SSSR count). The molecular formula is C14H11BrN2O3. The number of hydrogen-bond donors (Lipinski definition) is 1. The smallest absolute Gasteiger partial charge is 0.269 e. The van der Waals surface area contributed by atoms with Gasteiger partial charge in [0, 0.05) is 28.4 Å². The van der Waals surface area contributed by atoms with Crippen LogP contribution in [0.3, 0.4) is 0 Å². The van der Waals surface area contributed by atoms with Crippen LogP contribution < -0.4 is 0 Å². The first-order valence-corrected chi connectivity index (χ1v) is 6.54. The number of rotatable bonds is 3. The highest BCUT2D eigenvalue weighted by molar-refractivity contribution is 9.10. The average molecular weight is 335 g/mol. The molecule has 0 radical (unpaired) electrons. The van der Waals surface area contributed by atoms with Gasteiger partial charge in [0.05, 0.1) is 10.6 Å². The Morgan fingerprint density at radius 1 is 1.30 bits per heavy atom. The monoisotopic (exact) mass is 334 g/mol. The third kappa shape index (κ3) is 3.21. The number of non-ortho nitro benzene ring substituents is 1. The van der Waals surface area contributed by atoms with E-state index in [0.29, 0.717) is 16.8 Å². The molecule has 5 nitrogen and oxygen atoms in total. The minimum atomic E-state index is -0.444. The number of hydrogen-bond acceptors (Lipinski definition) is 4. The van der Waals surface area contributed by atoms with E-state index in [1.807, 2.05) is 0 Å². The summed E-state index contributed by atoms with van der Waals surface area (Å²) in [5.74, 6) is 0.122. The first-order valence-electron chi connectivity index (χ1n) is 5.75. The van der Waals surface area contributed by atoms with Crippen molar-refractivity contribution in [3.63, 3.8) is 0 Å². The maximum absolute atomic E-state index is 10.7. The van der Waals surface area contributed by atoms with Crippen molar-refractivity contribution in [3.8, 4) is 5.75 Å². The largest absolute Gasteiger partial charge is 0.507 e. The molecular weight excluding hydrogens is 324 g/mol. The van der Waals surface area contributed by atoms with Gasteiger partial charge in [-0.15, -0.1) is 0 Å². The van der Waals surface area contributed by atoms with Gasteiger partial charge in [0.15, 0.2) is 0 Å². The molecule has 0 fully saturated rings. The van der Waals surface area contributed by atoms with Gasteiger partial charge in [-0.3, -0.25) is 15.1 Å². The highest BCUT2D eigenvalue weighted by Crippen LogP contribution is 2.25. The topological polar surface area (TPSA) is 75.7 Å². The van der Waals surface area contributed by atoms with Crippen LogP contribution in [0.25, 0.3) is 0 Å². The molecule has 102 valence electrons. The quantitative estimate of drug-likeness (QED) is 0.521. The third-order valence-electron chi connectivity index (χ3n) is 2.72. The van der Waals surface area contributed by atoms with Gasteiger partial charge in [0.1, 0.15) is 5.75 Å². The molecule has 0 spiro atoms. The zero-order chi connectivity index (χ0) is 14.7. The Balaban J connectivity index is 2.32. The molecule has 0 aliphatic heterocycles. The number of halogens is 1. The molecule has 0 bridgehead atoms. The Bertz CT molecular complexity index is 699. The number of aliphatic imine (C=N–C) groups is 1. The first kappa shape index (κ1) is 14.2. The van der Waals surface area contributed by atoms with E-state index in [4.69, 9.17) is 0 Å². The second-order valence-electron chi connectivity index (χ2n) is 4.19. The van der Waals surface area contributed by atoms with Crippen molar-refractivity contribution in [2.75, 3.05) is 0 Å². The Morgan fingerprint density at radius 2 is 2.05 bits per heavy atom. The van der Waals surface area contributed by atoms with Crippen molar-refractivity contribution in [2.45, 2.75) is 6.92 Å². The summed E-state index contributed by atoms with van der Waals surface area (Å²) < 4.78 is 0.831. The highest BCUT2D eigenvalue weighted by atomic mass is 79.9. The van der Waals surface area contributed by atoms with Crippen LogP contribution in [0.1, 0.15) is 11.1 Å². The summed E-state index contributed by atoms with van der Waals surface area (Å²) in [4.78, 5) is 14.5. The normalized spacial score (nSPS) is 10.9. The van der Waals surface area contributed by atoms with Crippen molar-refractivity contribution in [1.29, 1.82) is 0 Å². The second kappa shape index (κ2) is 5.83. The van der Waals surface area contributed by atoms with Gasteiger partial charge < -0.3 is 5.11 Å². The second-order valence-corrected chi connectivity index (χ2v) is 5.10. The highest BCUT2D eigenvalue weighted by Gasteiger charge is 2.07. The number of nitro benzene ring substituents is 1. The number of aromatic hydroxyl groups is 1. The summed E-state index contributed by atoms with van der Waals surface area (Å²) in [6.45, 7) is 1.75. The molecule has 0 amide bonds. The van der Waals surface area contributed by atoms with Crippen LogP contribution in [0.15, 0.2) is 45.9 Å². The lowest BCUT2D eigenvalue weighted by Gasteiger charge is -2.01. The Labute approximate surface area is 123 Å². The Hall–Kier alpha value is -2.21. The molecule has 6 heteroatoms. The van der Waals surface area contributed by atoms with Gasteiger partial charge in [-0.05, 0) is 36.8 Å². The number of benzene rings is 2. The van der Waals surface area contributed by atoms with Crippen molar-refractivity contribution in [1.82, 2.24) is 0 Å². The maximum atomic E-state index is 10.7. The van der Waals surface area contributed by atoms with Crippen LogP contribution in [-0.2, 0) is 0 Å². The summed E-state index contributed by atoms with van der Waals surface area (Å²) in [7, 11) is 0. The first-order chi connectivity index (χ1) is 9.47. The summed E-state index contributed by atoms with van der Waals surface area (Å²) in [6, 6.07) is 9.48. The lowest BCUT2D eigenvalue weighted by Crippen LogP contribution is -1.88. The summed E-state index contributed by atoms with van der Waals surface area (Å²) in [5.41, 5.74) is 1.92. The summed E-state index contributed by atoms with van der Waals surface area (Å²) in [6.07, 6.45) is 1.52. The van der Waals surface area contributed by atoms with Gasteiger partial charge in [-0.2, -0.15) is 0 Å². The fraction of sp³-hybridized carbons (Fsp3) is 0.0714. The molecule has 0 atom stereocenters. The van der Waals surface area contributed by atoms with Crippen molar-refractivity contribution in [3.05, 3.63) is 62.1 Å². The minimum Gasteiger partial charge on any atom is -0.507 e. The molecule has 0 aromatic heterocycles. The van der Waals surface area contributed by atoms with E-state index in [1.54, 1.807) is 31.2 Å². The molecule has 1 N–H and O–H groups in total. The van der Waals surface area contributed by atoms with E-state index in [2.05, 4.69) is 20.9 Å². The molecule has 0 unspecified atom stereocenters. The SMILES string of the molecule is Cc1cc([N+](=O)[O-])ccc1N=Cc1cc(Br)ccc1O. The molecule has 0 aliphatic rings. The van der Waals surface area contributed by atoms with E-state index in [9.17, 15) is 15.2 Å². The number of phenolic OH excluding ortho intramolecular Hbond substituents is 1. The predicted molar refractivity (Wildman–Crippen MR) is 80.9 cm³/mol. The van der Waals surface area contributed by atoms with E-state index in [0.717, 1.165) is 4.47 Å². The van der Waals surface area contributed by atoms with E-state index in [1.165, 1.54) is 18.3 Å². The van der Waals surface area contributed by atoms with Crippen LogP contribution in [0.4, 0.5) is 11.4 Å². The third-order valence-corrected chi connectivity index (χ3v) is 3.22. The molecule has 2 aromatic carbocycles. The number of nitro groups is 1. The molecule has 20 heavy (non-hydrogen) atoms. The fourth-order valence-electron chi connectivity index (χ4n) is 1.67. The molecule has 0 heterocycles. The average Bonchev–Trinajstić information content (AvgIpc) is 2.40. The standard InChI is InChI=1S/C14H11BrN2O3/c1-9-6-12(17(19)20)3-4-13(9)16-8-10-7-11(15)2-5-14(10)18/h2-8,18H,1H3. The van der Waals surface area contributed by atoms with Crippen LogP contribution >= 0.6 is 15.9 Å². The zero-order valence-electron chi connectivity index (χ0n) is 10.6. The molecule has 0 saturated carbocycles. The molecule has 0 saturated heterocycles. The lowest BCUT2D eigenvalue weighted by atomic mass is 10.2. The predicted octanol–water partition coefficient (Wildman–Crippen LogP) is 4.12. The molecule has 2 aromatic rings. The summed E-state index contributed by atoms with van der Waals surface area (Å²) in [5, 5.41) is 20.4. The van der Waals surface area contributed by atoms with E-state index < -0.39 is 4.92 Å². The van der Waals surface area contributed by atoms with E-state index >= 15 is 0 Å². The number of aryl methyl sites for hydroxylation is 1. The van der Waals surface area contributed by atoms with E-state index in [-0.39, 0.29) is 11.4 Å². The zero-order valence-corrected chi connectivity index (χ0v) is 12.2. The summed E-state index contributed by atoms with van der Waals surface area (Å²) >= 11 is 3.31. The minimum absolute atomic E-state index is 0.0340. The van der Waals surface area contributed by atoms with Crippen LogP contribution in [0.2, 0.25) is 0 Å². The molecule has 0 aliphatic carbocycles. The van der Waals surface area contributed by atoms with Gasteiger partial charge in [-0.1, -0.05) is 15.9 Å². The van der Waals surface area contributed by atoms with Crippen molar-refractivity contribution >= 4 is 33.5 Å². The number of nitrogens with zero attached hydrogens (tertiary/aromatic N) is 2. The fourth-order valence-corrected chi connectivity index (χ4v) is 2.04. The van der Waals surface area contributed by atoms with Gasteiger partial charge in [0.25, 0.3) is 5.69 Å². The van der Waals surface area contributed by atoms with Crippen LogP contribution in [-0.4, -0.2) is 16.2 Å². The van der Waals surface area contributed by atoms with Crippen LogP contribution in [0, 0.1) is 17.0 Å². The van der Waals surface area contributed by atoms with Crippen molar-refractivity contribution in [2.24, 2.45) is 4.99 Å². The maximum Gasteiger partial charge on any atom is 0.269 e.